The molecule has 6 heteroatoms. The van der Waals surface area contributed by atoms with Crippen molar-refractivity contribution in [1.29, 1.82) is 0 Å². The van der Waals surface area contributed by atoms with Crippen LogP contribution in [0.2, 0.25) is 0 Å². The lowest BCUT2D eigenvalue weighted by molar-refractivity contribution is -0.175. The minimum absolute atomic E-state index is 0.00789. The summed E-state index contributed by atoms with van der Waals surface area (Å²) in [7, 11) is 0. The number of hydrogen-bond acceptors (Lipinski definition) is 4. The van der Waals surface area contributed by atoms with Crippen LogP contribution in [0.25, 0.3) is 0 Å². The first-order chi connectivity index (χ1) is 16.6. The number of rotatable bonds is 4. The van der Waals surface area contributed by atoms with Crippen LogP contribution in [-0.2, 0) is 20.7 Å². The van der Waals surface area contributed by atoms with E-state index in [1.165, 1.54) is 6.08 Å². The van der Waals surface area contributed by atoms with E-state index in [2.05, 4.69) is 6.92 Å². The highest BCUT2D eigenvalue weighted by atomic mass is 19.1. The summed E-state index contributed by atoms with van der Waals surface area (Å²) in [4.78, 5) is 24.5. The number of ketones is 1. The number of aliphatic hydroxyl groups excluding tert-OH is 1. The van der Waals surface area contributed by atoms with E-state index in [1.807, 2.05) is 30.3 Å². The fourth-order valence-electron chi connectivity index (χ4n) is 8.25. The van der Waals surface area contributed by atoms with Crippen LogP contribution in [0.4, 0.5) is 8.78 Å². The summed E-state index contributed by atoms with van der Waals surface area (Å²) in [6.45, 7) is 5.60. The second-order valence-electron chi connectivity index (χ2n) is 11.4. The normalized spacial score (nSPS) is 42.3. The lowest BCUT2D eigenvalue weighted by Crippen LogP contribution is -2.60. The minimum Gasteiger partial charge on any atom is -0.461 e. The van der Waals surface area contributed by atoms with Gasteiger partial charge in [0, 0.05) is 28.7 Å². The number of fused-ring (bicyclic) bond motifs is 5. The zero-order valence-corrected chi connectivity index (χ0v) is 20.5. The van der Waals surface area contributed by atoms with Gasteiger partial charge in [0.05, 0.1) is 6.10 Å². The Labute approximate surface area is 205 Å². The van der Waals surface area contributed by atoms with E-state index >= 15 is 4.39 Å². The fourth-order valence-corrected chi connectivity index (χ4v) is 8.25. The Morgan fingerprint density at radius 3 is 2.63 bits per heavy atom. The van der Waals surface area contributed by atoms with Gasteiger partial charge in [-0.3, -0.25) is 9.59 Å². The molecule has 35 heavy (non-hydrogen) atoms. The van der Waals surface area contributed by atoms with E-state index in [1.54, 1.807) is 19.9 Å². The molecule has 0 aromatic heterocycles. The summed E-state index contributed by atoms with van der Waals surface area (Å²) < 4.78 is 36.7. The van der Waals surface area contributed by atoms with Crippen LogP contribution in [0.15, 0.2) is 53.9 Å². The van der Waals surface area contributed by atoms with Crippen molar-refractivity contribution in [2.75, 3.05) is 0 Å². The molecule has 0 saturated heterocycles. The van der Waals surface area contributed by atoms with Gasteiger partial charge in [-0.1, -0.05) is 57.2 Å². The van der Waals surface area contributed by atoms with Gasteiger partial charge in [0.1, 0.15) is 12.3 Å². The molecule has 1 aromatic carbocycles. The highest BCUT2D eigenvalue weighted by Crippen LogP contribution is 2.67. The summed E-state index contributed by atoms with van der Waals surface area (Å²) in [6.07, 6.45) is 2.02. The number of alkyl halides is 1. The Bertz CT molecular complexity index is 1080. The highest BCUT2D eigenvalue weighted by molar-refractivity contribution is 6.04. The van der Waals surface area contributed by atoms with Gasteiger partial charge in [-0.25, -0.2) is 8.78 Å². The third-order valence-corrected chi connectivity index (χ3v) is 9.45. The number of ether oxygens (including phenoxy) is 1. The summed E-state index contributed by atoms with van der Waals surface area (Å²) in [5, 5.41) is 11.7. The predicted molar refractivity (Wildman–Crippen MR) is 128 cm³/mol. The van der Waals surface area contributed by atoms with Gasteiger partial charge in [0.15, 0.2) is 5.83 Å². The maximum absolute atomic E-state index is 15.7. The van der Waals surface area contributed by atoms with Crippen LogP contribution in [0, 0.1) is 34.5 Å². The average molecular weight is 485 g/mol. The van der Waals surface area contributed by atoms with E-state index in [0.717, 1.165) is 12.0 Å². The second kappa shape index (κ2) is 8.65. The molecule has 0 bridgehead atoms. The molecule has 3 fully saturated rings. The molecule has 9 atom stereocenters. The third-order valence-electron chi connectivity index (χ3n) is 9.45. The first-order valence-electron chi connectivity index (χ1n) is 12.8. The zero-order valence-electron chi connectivity index (χ0n) is 20.5. The van der Waals surface area contributed by atoms with Crippen molar-refractivity contribution in [2.45, 2.75) is 71.3 Å². The monoisotopic (exact) mass is 484 g/mol. The van der Waals surface area contributed by atoms with E-state index in [-0.39, 0.29) is 42.1 Å². The van der Waals surface area contributed by atoms with Crippen LogP contribution in [0.3, 0.4) is 0 Å². The van der Waals surface area contributed by atoms with Crippen LogP contribution in [-0.4, -0.2) is 35.2 Å². The lowest BCUT2D eigenvalue weighted by Gasteiger charge is -2.59. The molecule has 188 valence electrons. The quantitative estimate of drug-likeness (QED) is 0.589. The molecule has 4 aliphatic rings. The van der Waals surface area contributed by atoms with E-state index in [9.17, 15) is 19.1 Å². The molecule has 0 radical (unpaired) electrons. The molecular weight excluding hydrogens is 450 g/mol. The molecule has 4 aliphatic carbocycles. The van der Waals surface area contributed by atoms with Crippen molar-refractivity contribution >= 4 is 11.8 Å². The van der Waals surface area contributed by atoms with Gasteiger partial charge < -0.3 is 9.84 Å². The number of allylic oxidation sites excluding steroid dienone is 4. The Kier molecular flexibility index (Phi) is 6.02. The van der Waals surface area contributed by atoms with Gasteiger partial charge >= 0.3 is 5.97 Å². The molecule has 4 nitrogen and oxygen atoms in total. The lowest BCUT2D eigenvalue weighted by atomic mass is 9.46. The van der Waals surface area contributed by atoms with Gasteiger partial charge in [-0.15, -0.1) is 0 Å². The van der Waals surface area contributed by atoms with Gasteiger partial charge in [0.2, 0.25) is 5.78 Å². The van der Waals surface area contributed by atoms with Crippen molar-refractivity contribution < 1.29 is 28.2 Å². The SMILES string of the molecule is CCC(=O)OC1[C@@H](C)C[C@H]2[C@@H]3C[C@H](F)C4=C(F)C(=O)C=C[C@]4(C)[C@H]3[C@@H](O)C[C@]12Cc1ccccc1. The van der Waals surface area contributed by atoms with Crippen molar-refractivity contribution in [1.82, 2.24) is 0 Å². The van der Waals surface area contributed by atoms with Crippen LogP contribution in [0.1, 0.15) is 52.0 Å². The van der Waals surface area contributed by atoms with Crippen LogP contribution >= 0.6 is 0 Å². The topological polar surface area (TPSA) is 63.6 Å². The number of hydrogen-bond donors (Lipinski definition) is 1. The summed E-state index contributed by atoms with van der Waals surface area (Å²) in [5.41, 5.74) is -0.639. The van der Waals surface area contributed by atoms with E-state index in [0.29, 0.717) is 12.8 Å². The Morgan fingerprint density at radius 2 is 1.94 bits per heavy atom. The first kappa shape index (κ1) is 24.4. The Hall–Kier alpha value is -2.34. The van der Waals surface area contributed by atoms with E-state index < -0.39 is 46.7 Å². The smallest absolute Gasteiger partial charge is 0.305 e. The average Bonchev–Trinajstić information content (AvgIpc) is 3.08. The molecular formula is C29H34F2O4. The maximum atomic E-state index is 15.7. The molecule has 1 aromatic rings. The molecule has 0 spiro atoms. The van der Waals surface area contributed by atoms with Gasteiger partial charge in [-0.2, -0.15) is 0 Å². The molecule has 5 rings (SSSR count). The fraction of sp³-hybridized carbons (Fsp3) is 0.586. The molecule has 3 saturated carbocycles. The van der Waals surface area contributed by atoms with Gasteiger partial charge in [-0.05, 0) is 55.1 Å². The predicted octanol–water partition coefficient (Wildman–Crippen LogP) is 5.30. The molecule has 1 unspecified atom stereocenters. The van der Waals surface area contributed by atoms with Crippen molar-refractivity contribution in [3.8, 4) is 0 Å². The number of carbonyl (C=O) groups excluding carboxylic acids is 2. The number of halogens is 2. The first-order valence-corrected chi connectivity index (χ1v) is 12.8. The summed E-state index contributed by atoms with van der Waals surface area (Å²) >= 11 is 0. The standard InChI is InChI=1S/C29H34F2O4/c1-4-23(34)35-27-16(2)12-19-18-13-20(30)25-26(31)21(32)10-11-28(25,3)24(18)22(33)15-29(19,27)14-17-8-6-5-7-9-17/h5-11,16,18-20,22,24,27,33H,4,12-15H2,1-3H3/t16-,18-,19-,20-,22-,24+,27?,28+,29-/m0/s1. The van der Waals surface area contributed by atoms with Crippen LogP contribution < -0.4 is 0 Å². The van der Waals surface area contributed by atoms with Gasteiger partial charge in [0.25, 0.3) is 0 Å². The van der Waals surface area contributed by atoms with E-state index in [4.69, 9.17) is 4.74 Å². The second-order valence-corrected chi connectivity index (χ2v) is 11.4. The van der Waals surface area contributed by atoms with Crippen molar-refractivity contribution in [2.24, 2.45) is 34.5 Å². The molecule has 0 aliphatic heterocycles. The highest BCUT2D eigenvalue weighted by Gasteiger charge is 2.67. The molecule has 0 amide bonds. The molecule has 0 heterocycles. The minimum atomic E-state index is -1.59. The summed E-state index contributed by atoms with van der Waals surface area (Å²) in [6, 6.07) is 9.97. The van der Waals surface area contributed by atoms with Crippen molar-refractivity contribution in [3.05, 3.63) is 59.4 Å². The Morgan fingerprint density at radius 1 is 1.23 bits per heavy atom. The maximum Gasteiger partial charge on any atom is 0.305 e. The Balaban J connectivity index is 1.61. The number of benzene rings is 1. The third kappa shape index (κ3) is 3.62. The largest absolute Gasteiger partial charge is 0.461 e. The number of aliphatic hydroxyl groups is 1. The number of esters is 1. The van der Waals surface area contributed by atoms with Crippen molar-refractivity contribution in [3.63, 3.8) is 0 Å². The molecule has 1 N–H and O–H groups in total. The van der Waals surface area contributed by atoms with Crippen LogP contribution in [0.5, 0.6) is 0 Å². The zero-order chi connectivity index (χ0) is 25.1. The number of carbonyl (C=O) groups is 2. The summed E-state index contributed by atoms with van der Waals surface area (Å²) in [5.74, 6) is -2.69.